The van der Waals surface area contributed by atoms with Gasteiger partial charge in [0, 0.05) is 50.4 Å². The van der Waals surface area contributed by atoms with Crippen molar-refractivity contribution in [3.63, 3.8) is 0 Å². The molecule has 0 aromatic carbocycles. The summed E-state index contributed by atoms with van der Waals surface area (Å²) in [5.41, 5.74) is -0.878. The molecule has 202 valence electrons. The molecule has 5 rings (SSSR count). The topological polar surface area (TPSA) is 104 Å². The summed E-state index contributed by atoms with van der Waals surface area (Å²) in [5, 5.41) is 11.8. The highest BCUT2D eigenvalue weighted by atomic mass is 16.5. The average molecular weight is 513 g/mol. The molecule has 6 atom stereocenters. The number of Topliss-reactive ketones (excluding diaryl/α,β-unsaturated/α-hetero) is 2. The van der Waals surface area contributed by atoms with E-state index in [1.54, 1.807) is 12.2 Å². The van der Waals surface area contributed by atoms with E-state index in [0.717, 1.165) is 51.1 Å². The van der Waals surface area contributed by atoms with Crippen LogP contribution in [0.25, 0.3) is 0 Å². The number of carbonyl (C=O) groups is 4. The van der Waals surface area contributed by atoms with Crippen molar-refractivity contribution >= 4 is 23.3 Å². The summed E-state index contributed by atoms with van der Waals surface area (Å²) in [6.07, 6.45) is 8.65. The van der Waals surface area contributed by atoms with Crippen molar-refractivity contribution in [1.82, 2.24) is 9.80 Å². The lowest BCUT2D eigenvalue weighted by Gasteiger charge is -2.54. The highest BCUT2D eigenvalue weighted by molar-refractivity contribution is 6.02. The first kappa shape index (κ1) is 26.4. The van der Waals surface area contributed by atoms with Crippen LogP contribution in [0.15, 0.2) is 23.8 Å². The Kier molecular flexibility index (Phi) is 7.29. The molecule has 8 nitrogen and oxygen atoms in total. The fraction of sp³-hybridized carbons (Fsp3) is 0.724. The van der Waals surface area contributed by atoms with Crippen LogP contribution in [0.1, 0.15) is 51.9 Å². The molecule has 5 aliphatic rings. The SMILES string of the molecule is CN1CCN(CCCC(=O)OCC(=O)C2CCC3C4CCC5=CC(=O)C=CC5(C)C4C(=O)CC23O)CC1. The van der Waals surface area contributed by atoms with Gasteiger partial charge in [-0.15, -0.1) is 0 Å². The molecular weight excluding hydrogens is 472 g/mol. The minimum absolute atomic E-state index is 0.0267. The molecule has 0 bridgehead atoms. The number of carbonyl (C=O) groups excluding carboxylic acids is 4. The summed E-state index contributed by atoms with van der Waals surface area (Å²) in [5.74, 6) is -1.88. The van der Waals surface area contributed by atoms with Crippen molar-refractivity contribution in [1.29, 1.82) is 0 Å². The fourth-order valence-corrected chi connectivity index (χ4v) is 7.94. The Morgan fingerprint density at radius 3 is 2.65 bits per heavy atom. The van der Waals surface area contributed by atoms with E-state index in [-0.39, 0.29) is 60.5 Å². The van der Waals surface area contributed by atoms with Gasteiger partial charge in [-0.25, -0.2) is 0 Å². The van der Waals surface area contributed by atoms with Gasteiger partial charge in [0.2, 0.25) is 0 Å². The highest BCUT2D eigenvalue weighted by Crippen LogP contribution is 2.61. The van der Waals surface area contributed by atoms with Gasteiger partial charge in [0.1, 0.15) is 12.4 Å². The smallest absolute Gasteiger partial charge is 0.306 e. The van der Waals surface area contributed by atoms with Crippen LogP contribution in [0.4, 0.5) is 0 Å². The van der Waals surface area contributed by atoms with Crippen LogP contribution in [0.2, 0.25) is 0 Å². The number of likely N-dealkylation sites (N-methyl/N-ethyl adjacent to an activating group) is 1. The van der Waals surface area contributed by atoms with Gasteiger partial charge in [0.15, 0.2) is 11.6 Å². The van der Waals surface area contributed by atoms with Gasteiger partial charge < -0.3 is 19.6 Å². The molecule has 1 aliphatic heterocycles. The van der Waals surface area contributed by atoms with Crippen molar-refractivity contribution in [2.24, 2.45) is 29.1 Å². The molecule has 6 unspecified atom stereocenters. The Balaban J connectivity index is 1.16. The van der Waals surface area contributed by atoms with Crippen molar-refractivity contribution < 1.29 is 29.0 Å². The van der Waals surface area contributed by atoms with Crippen LogP contribution < -0.4 is 0 Å². The molecule has 1 N–H and O–H groups in total. The molecular formula is C29H40N2O6. The first-order valence-corrected chi connectivity index (χ1v) is 13.9. The maximum Gasteiger partial charge on any atom is 0.306 e. The van der Waals surface area contributed by atoms with Crippen molar-refractivity contribution in [3.05, 3.63) is 23.8 Å². The first-order chi connectivity index (χ1) is 17.6. The summed E-state index contributed by atoms with van der Waals surface area (Å²) in [6, 6.07) is 0. The molecule has 8 heteroatoms. The number of hydrogen-bond donors (Lipinski definition) is 1. The maximum absolute atomic E-state index is 13.5. The number of nitrogens with zero attached hydrogens (tertiary/aromatic N) is 2. The molecule has 1 heterocycles. The van der Waals surface area contributed by atoms with Gasteiger partial charge in [-0.1, -0.05) is 18.6 Å². The Morgan fingerprint density at radius 2 is 1.89 bits per heavy atom. The third-order valence-electron chi connectivity index (χ3n) is 9.97. The Bertz CT molecular complexity index is 1030. The summed E-state index contributed by atoms with van der Waals surface area (Å²) < 4.78 is 5.32. The van der Waals surface area contributed by atoms with E-state index in [0.29, 0.717) is 19.3 Å². The minimum atomic E-state index is -1.38. The van der Waals surface area contributed by atoms with E-state index in [4.69, 9.17) is 4.74 Å². The normalized spacial score (nSPS) is 38.0. The predicted molar refractivity (Wildman–Crippen MR) is 136 cm³/mol. The molecule has 0 radical (unpaired) electrons. The first-order valence-electron chi connectivity index (χ1n) is 13.9. The number of hydrogen-bond acceptors (Lipinski definition) is 8. The molecule has 0 aromatic rings. The average Bonchev–Trinajstić information content (AvgIpc) is 3.20. The van der Waals surface area contributed by atoms with Gasteiger partial charge >= 0.3 is 5.97 Å². The lowest BCUT2D eigenvalue weighted by Crippen LogP contribution is -2.59. The van der Waals surface area contributed by atoms with E-state index in [1.807, 2.05) is 13.0 Å². The van der Waals surface area contributed by atoms with Crippen molar-refractivity contribution in [2.75, 3.05) is 46.4 Å². The second-order valence-corrected chi connectivity index (χ2v) is 12.1. The van der Waals surface area contributed by atoms with E-state index in [9.17, 15) is 24.3 Å². The third-order valence-corrected chi connectivity index (χ3v) is 9.97. The Hall–Kier alpha value is -2.16. The fourth-order valence-electron chi connectivity index (χ4n) is 7.94. The standard InChI is InChI=1S/C29H40N2O6/c1-28-10-9-20(32)16-19(28)5-6-21-22-7-8-23(29(22,36)17-24(33)27(21)28)25(34)18-37-26(35)4-3-11-31-14-12-30(2)13-15-31/h9-10,16,21-23,27,36H,3-8,11-15,17-18H2,1-2H3. The van der Waals surface area contributed by atoms with Gasteiger partial charge in [0.05, 0.1) is 11.5 Å². The van der Waals surface area contributed by atoms with Gasteiger partial charge in [-0.3, -0.25) is 19.2 Å². The van der Waals surface area contributed by atoms with E-state index < -0.39 is 16.9 Å². The Labute approximate surface area is 219 Å². The van der Waals surface area contributed by atoms with Crippen molar-refractivity contribution in [2.45, 2.75) is 57.5 Å². The van der Waals surface area contributed by atoms with Crippen LogP contribution in [-0.2, 0) is 23.9 Å². The zero-order chi connectivity index (χ0) is 26.4. The number of piperazine rings is 1. The molecule has 0 aromatic heterocycles. The molecule has 4 fully saturated rings. The number of ketones is 3. The largest absolute Gasteiger partial charge is 0.458 e. The zero-order valence-electron chi connectivity index (χ0n) is 22.1. The second kappa shape index (κ2) is 10.2. The number of allylic oxidation sites excluding steroid dienone is 4. The molecule has 0 spiro atoms. The number of esters is 1. The maximum atomic E-state index is 13.5. The van der Waals surface area contributed by atoms with Crippen LogP contribution in [0, 0.1) is 29.1 Å². The summed E-state index contributed by atoms with van der Waals surface area (Å²) >= 11 is 0. The van der Waals surface area contributed by atoms with E-state index in [1.165, 1.54) is 0 Å². The molecule has 37 heavy (non-hydrogen) atoms. The lowest BCUT2D eigenvalue weighted by molar-refractivity contribution is -0.164. The second-order valence-electron chi connectivity index (χ2n) is 12.1. The summed E-state index contributed by atoms with van der Waals surface area (Å²) in [7, 11) is 2.11. The van der Waals surface area contributed by atoms with Crippen LogP contribution >= 0.6 is 0 Å². The lowest BCUT2D eigenvalue weighted by atomic mass is 9.49. The van der Waals surface area contributed by atoms with Gasteiger partial charge in [-0.05, 0) is 69.7 Å². The van der Waals surface area contributed by atoms with Crippen molar-refractivity contribution in [3.8, 4) is 0 Å². The highest BCUT2D eigenvalue weighted by Gasteiger charge is 2.64. The van der Waals surface area contributed by atoms with Crippen LogP contribution in [0.5, 0.6) is 0 Å². The molecule has 1 saturated heterocycles. The predicted octanol–water partition coefficient (Wildman–Crippen LogP) is 1.95. The van der Waals surface area contributed by atoms with Crippen LogP contribution in [-0.4, -0.2) is 90.2 Å². The number of aliphatic hydroxyl groups is 1. The number of ether oxygens (including phenoxy) is 1. The number of fused-ring (bicyclic) bond motifs is 5. The van der Waals surface area contributed by atoms with Gasteiger partial charge in [0.25, 0.3) is 0 Å². The summed E-state index contributed by atoms with van der Waals surface area (Å²) in [6.45, 7) is 6.58. The zero-order valence-corrected chi connectivity index (χ0v) is 22.1. The molecule has 3 saturated carbocycles. The van der Waals surface area contributed by atoms with Crippen LogP contribution in [0.3, 0.4) is 0 Å². The third kappa shape index (κ3) is 4.88. The monoisotopic (exact) mass is 512 g/mol. The molecule has 0 amide bonds. The van der Waals surface area contributed by atoms with E-state index >= 15 is 0 Å². The van der Waals surface area contributed by atoms with E-state index in [2.05, 4.69) is 16.8 Å². The quantitative estimate of drug-likeness (QED) is 0.517. The minimum Gasteiger partial charge on any atom is -0.458 e. The Morgan fingerprint density at radius 1 is 1.14 bits per heavy atom. The molecule has 4 aliphatic carbocycles. The number of rotatable bonds is 7. The summed E-state index contributed by atoms with van der Waals surface area (Å²) in [4.78, 5) is 55.5. The van der Waals surface area contributed by atoms with Gasteiger partial charge in [-0.2, -0.15) is 0 Å².